The zero-order valence-corrected chi connectivity index (χ0v) is 22.2. The van der Waals surface area contributed by atoms with Crippen LogP contribution in [0.3, 0.4) is 0 Å². The lowest BCUT2D eigenvalue weighted by atomic mass is 10.0. The fourth-order valence-corrected chi connectivity index (χ4v) is 4.74. The highest BCUT2D eigenvalue weighted by Gasteiger charge is 2.20. The summed E-state index contributed by atoms with van der Waals surface area (Å²) in [6.45, 7) is 0.470. The number of aromatic amines is 1. The summed E-state index contributed by atoms with van der Waals surface area (Å²) in [6.07, 6.45) is 2.90. The number of H-pyrrole nitrogens is 1. The number of nitrogens with one attached hydrogen (secondary N) is 3. The summed E-state index contributed by atoms with van der Waals surface area (Å²) < 4.78 is 31.4. The van der Waals surface area contributed by atoms with Gasteiger partial charge in [0, 0.05) is 24.7 Å². The van der Waals surface area contributed by atoms with Gasteiger partial charge in [0.1, 0.15) is 17.3 Å². The van der Waals surface area contributed by atoms with E-state index in [4.69, 9.17) is 14.2 Å². The number of amides is 2. The van der Waals surface area contributed by atoms with Crippen LogP contribution in [0.1, 0.15) is 31.3 Å². The van der Waals surface area contributed by atoms with E-state index in [1.807, 2.05) is 24.3 Å². The van der Waals surface area contributed by atoms with Gasteiger partial charge in [-0.25, -0.2) is 14.4 Å². The lowest BCUT2D eigenvalue weighted by Gasteiger charge is -2.10. The van der Waals surface area contributed by atoms with Crippen molar-refractivity contribution < 1.29 is 28.2 Å². The zero-order valence-electron chi connectivity index (χ0n) is 21.3. The molecule has 41 heavy (non-hydrogen) atoms. The maximum absolute atomic E-state index is 15.0. The number of rotatable bonds is 9. The third-order valence-electron chi connectivity index (χ3n) is 6.28. The number of carbonyl (C=O) groups excluding carboxylic acids is 2. The standard InChI is InChI=1S/C29H22FN5O5S/c30-22-9-19(18-3-1-17(2-4-18)11-32-27(36)23-13-31-14-34-23)5-6-20(22)12-33-28(37)26-29(35-15-41-26)40-21-7-8-24-25(10-21)39-16-38-24/h1-10,13-15H,11-12,16H2,(H,31,34)(H,32,36)(H,33,37). The molecule has 3 aromatic carbocycles. The first-order valence-electron chi connectivity index (χ1n) is 12.5. The van der Waals surface area contributed by atoms with Crippen molar-refractivity contribution in [1.29, 1.82) is 0 Å². The Hall–Kier alpha value is -5.23. The molecule has 0 bridgehead atoms. The van der Waals surface area contributed by atoms with E-state index < -0.39 is 11.7 Å². The minimum atomic E-state index is -0.445. The smallest absolute Gasteiger partial charge is 0.269 e. The van der Waals surface area contributed by atoms with Gasteiger partial charge in [-0.1, -0.05) is 36.4 Å². The maximum atomic E-state index is 15.0. The summed E-state index contributed by atoms with van der Waals surface area (Å²) in [5.41, 5.74) is 4.63. The third kappa shape index (κ3) is 5.87. The Morgan fingerprint density at radius 1 is 0.951 bits per heavy atom. The molecule has 0 saturated heterocycles. The van der Waals surface area contributed by atoms with E-state index in [2.05, 4.69) is 25.6 Å². The van der Waals surface area contributed by atoms with Gasteiger partial charge in [0.05, 0.1) is 18.0 Å². The molecule has 3 heterocycles. The SMILES string of the molecule is O=C(NCc1ccc(-c2ccc(CNC(=O)c3scnc3Oc3ccc4c(c3)OCO4)c(F)c2)cc1)c1cnc[nH]1. The van der Waals surface area contributed by atoms with Crippen molar-refractivity contribution in [3.63, 3.8) is 0 Å². The van der Waals surface area contributed by atoms with Crippen molar-refractivity contribution in [1.82, 2.24) is 25.6 Å². The van der Waals surface area contributed by atoms with Gasteiger partial charge in [-0.2, -0.15) is 0 Å². The average molecular weight is 572 g/mol. The number of nitrogens with zero attached hydrogens (tertiary/aromatic N) is 2. The lowest BCUT2D eigenvalue weighted by molar-refractivity contribution is 0.0940. The van der Waals surface area contributed by atoms with Crippen LogP contribution >= 0.6 is 11.3 Å². The fourth-order valence-electron chi connectivity index (χ4n) is 4.11. The molecule has 6 rings (SSSR count). The molecule has 1 aliphatic rings. The number of hydrogen-bond donors (Lipinski definition) is 3. The average Bonchev–Trinajstić information content (AvgIpc) is 3.78. The number of hydrogen-bond acceptors (Lipinski definition) is 8. The number of aromatic nitrogens is 3. The first-order valence-corrected chi connectivity index (χ1v) is 13.3. The van der Waals surface area contributed by atoms with E-state index in [1.54, 1.807) is 30.3 Å². The van der Waals surface area contributed by atoms with Crippen LogP contribution < -0.4 is 24.8 Å². The van der Waals surface area contributed by atoms with Crippen LogP contribution in [0.25, 0.3) is 11.1 Å². The Morgan fingerprint density at radius 2 is 1.76 bits per heavy atom. The monoisotopic (exact) mass is 571 g/mol. The summed E-state index contributed by atoms with van der Waals surface area (Å²) in [5, 5.41) is 5.55. The molecule has 206 valence electrons. The van der Waals surface area contributed by atoms with E-state index in [1.165, 1.54) is 24.1 Å². The molecule has 0 spiro atoms. The van der Waals surface area contributed by atoms with Gasteiger partial charge < -0.3 is 29.8 Å². The number of thiazole rings is 1. The molecule has 0 aliphatic carbocycles. The van der Waals surface area contributed by atoms with Gasteiger partial charge in [-0.05, 0) is 34.9 Å². The highest BCUT2D eigenvalue weighted by molar-refractivity contribution is 7.12. The van der Waals surface area contributed by atoms with Crippen molar-refractivity contribution in [2.24, 2.45) is 0 Å². The Balaban J connectivity index is 1.05. The third-order valence-corrected chi connectivity index (χ3v) is 7.08. The first-order chi connectivity index (χ1) is 20.0. The lowest BCUT2D eigenvalue weighted by Crippen LogP contribution is -2.23. The van der Waals surface area contributed by atoms with Gasteiger partial charge in [0.25, 0.3) is 11.8 Å². The first kappa shape index (κ1) is 26.0. The van der Waals surface area contributed by atoms with Gasteiger partial charge in [0.2, 0.25) is 12.7 Å². The van der Waals surface area contributed by atoms with Crippen LogP contribution in [0.15, 0.2) is 78.7 Å². The molecular formula is C29H22FN5O5S. The van der Waals surface area contributed by atoms with Gasteiger partial charge in [-0.15, -0.1) is 11.3 Å². The van der Waals surface area contributed by atoms with Crippen LogP contribution in [-0.2, 0) is 13.1 Å². The molecule has 12 heteroatoms. The van der Waals surface area contributed by atoms with Crippen molar-refractivity contribution in [2.45, 2.75) is 13.1 Å². The van der Waals surface area contributed by atoms with Crippen LogP contribution in [-0.4, -0.2) is 33.6 Å². The van der Waals surface area contributed by atoms with E-state index in [9.17, 15) is 14.0 Å². The van der Waals surface area contributed by atoms with Gasteiger partial charge in [0.15, 0.2) is 16.4 Å². The minimum absolute atomic E-state index is 0.0126. The van der Waals surface area contributed by atoms with Crippen LogP contribution in [0.4, 0.5) is 4.39 Å². The van der Waals surface area contributed by atoms with E-state index >= 15 is 0 Å². The molecule has 0 fully saturated rings. The van der Waals surface area contributed by atoms with Gasteiger partial charge in [-0.3, -0.25) is 9.59 Å². The summed E-state index contributed by atoms with van der Waals surface area (Å²) >= 11 is 1.12. The minimum Gasteiger partial charge on any atom is -0.454 e. The molecule has 2 amide bonds. The van der Waals surface area contributed by atoms with E-state index in [0.29, 0.717) is 40.6 Å². The van der Waals surface area contributed by atoms with Crippen LogP contribution in [0.5, 0.6) is 23.1 Å². The topological polar surface area (TPSA) is 127 Å². The maximum Gasteiger partial charge on any atom is 0.269 e. The quantitative estimate of drug-likeness (QED) is 0.226. The van der Waals surface area contributed by atoms with Crippen molar-refractivity contribution in [3.8, 4) is 34.3 Å². The number of ether oxygens (including phenoxy) is 3. The molecular weight excluding hydrogens is 549 g/mol. The number of halogens is 1. The highest BCUT2D eigenvalue weighted by atomic mass is 32.1. The predicted molar refractivity (Wildman–Crippen MR) is 148 cm³/mol. The second-order valence-corrected chi connectivity index (χ2v) is 9.79. The normalized spacial score (nSPS) is 11.7. The van der Waals surface area contributed by atoms with E-state index in [0.717, 1.165) is 22.5 Å². The summed E-state index contributed by atoms with van der Waals surface area (Å²) in [5.74, 6) is 0.635. The Kier molecular flexibility index (Phi) is 7.28. The summed E-state index contributed by atoms with van der Waals surface area (Å²) in [4.78, 5) is 35.9. The highest BCUT2D eigenvalue weighted by Crippen LogP contribution is 2.37. The molecule has 3 N–H and O–H groups in total. The fraction of sp³-hybridized carbons (Fsp3) is 0.103. The Morgan fingerprint density at radius 3 is 2.56 bits per heavy atom. The largest absolute Gasteiger partial charge is 0.454 e. The molecule has 2 aromatic heterocycles. The number of benzene rings is 3. The molecule has 1 aliphatic heterocycles. The van der Waals surface area contributed by atoms with Gasteiger partial charge >= 0.3 is 0 Å². The van der Waals surface area contributed by atoms with Crippen molar-refractivity contribution >= 4 is 23.2 Å². The molecule has 0 radical (unpaired) electrons. The molecule has 0 atom stereocenters. The Bertz CT molecular complexity index is 1710. The van der Waals surface area contributed by atoms with Crippen LogP contribution in [0.2, 0.25) is 0 Å². The second kappa shape index (κ2) is 11.5. The molecule has 5 aromatic rings. The Labute approximate surface area is 237 Å². The van der Waals surface area contributed by atoms with Crippen molar-refractivity contribution in [3.05, 3.63) is 106 Å². The molecule has 0 unspecified atom stereocenters. The number of fused-ring (bicyclic) bond motifs is 1. The molecule has 0 saturated carbocycles. The predicted octanol–water partition coefficient (Wildman–Crippen LogP) is 5.05. The molecule has 10 nitrogen and oxygen atoms in total. The number of carbonyl (C=O) groups is 2. The number of imidazole rings is 1. The summed E-state index contributed by atoms with van der Waals surface area (Å²) in [7, 11) is 0. The summed E-state index contributed by atoms with van der Waals surface area (Å²) in [6, 6.07) is 17.4. The zero-order chi connectivity index (χ0) is 28.2. The van der Waals surface area contributed by atoms with Crippen molar-refractivity contribution in [2.75, 3.05) is 6.79 Å². The van der Waals surface area contributed by atoms with E-state index in [-0.39, 0.29) is 30.0 Å². The van der Waals surface area contributed by atoms with Crippen LogP contribution in [0, 0.1) is 5.82 Å². The second-order valence-electron chi connectivity index (χ2n) is 8.94.